The smallest absolute Gasteiger partial charge is 0.307 e. The number of carboxylic acids is 1. The lowest BCUT2D eigenvalue weighted by atomic mass is 10.0. The van der Waals surface area contributed by atoms with Crippen molar-refractivity contribution < 1.29 is 14.6 Å². The van der Waals surface area contributed by atoms with Gasteiger partial charge in [0, 0.05) is 5.33 Å². The molecule has 0 radical (unpaired) electrons. The van der Waals surface area contributed by atoms with Gasteiger partial charge in [-0.15, -0.1) is 0 Å². The van der Waals surface area contributed by atoms with Crippen molar-refractivity contribution >= 4 is 21.9 Å². The molecule has 1 rings (SSSR count). The van der Waals surface area contributed by atoms with Gasteiger partial charge < -0.3 is 9.84 Å². The molecule has 0 aromatic heterocycles. The van der Waals surface area contributed by atoms with Crippen LogP contribution < -0.4 is 4.74 Å². The predicted molar refractivity (Wildman–Crippen MR) is 61.7 cm³/mol. The lowest BCUT2D eigenvalue weighted by molar-refractivity contribution is -0.136. The summed E-state index contributed by atoms with van der Waals surface area (Å²) in [5.41, 5.74) is 2.87. The van der Waals surface area contributed by atoms with E-state index in [0.717, 1.165) is 16.7 Å². The highest BCUT2D eigenvalue weighted by molar-refractivity contribution is 9.08. The SMILES string of the molecule is COc1cc(CBr)c(C)c(CC(=O)O)c1. The maximum Gasteiger partial charge on any atom is 0.307 e. The zero-order valence-electron chi connectivity index (χ0n) is 8.71. The summed E-state index contributed by atoms with van der Waals surface area (Å²) >= 11 is 3.37. The Morgan fingerprint density at radius 2 is 2.07 bits per heavy atom. The van der Waals surface area contributed by atoms with Gasteiger partial charge in [-0.05, 0) is 35.7 Å². The van der Waals surface area contributed by atoms with Crippen molar-refractivity contribution in [3.05, 3.63) is 28.8 Å². The van der Waals surface area contributed by atoms with Crippen molar-refractivity contribution in [1.29, 1.82) is 0 Å². The van der Waals surface area contributed by atoms with Gasteiger partial charge in [0.2, 0.25) is 0 Å². The number of methoxy groups -OCH3 is 1. The number of hydrogen-bond donors (Lipinski definition) is 1. The van der Waals surface area contributed by atoms with E-state index in [0.29, 0.717) is 11.1 Å². The van der Waals surface area contributed by atoms with Crippen molar-refractivity contribution in [3.8, 4) is 5.75 Å². The molecule has 0 fully saturated rings. The van der Waals surface area contributed by atoms with Crippen molar-refractivity contribution in [2.24, 2.45) is 0 Å². The average molecular weight is 273 g/mol. The lowest BCUT2D eigenvalue weighted by Gasteiger charge is -2.11. The molecule has 0 saturated heterocycles. The second-order valence-electron chi connectivity index (χ2n) is 3.27. The number of alkyl halides is 1. The summed E-state index contributed by atoms with van der Waals surface area (Å²) in [6, 6.07) is 3.69. The topological polar surface area (TPSA) is 46.5 Å². The summed E-state index contributed by atoms with van der Waals surface area (Å²) in [6.45, 7) is 1.92. The first-order valence-electron chi connectivity index (χ1n) is 4.52. The third-order valence-corrected chi connectivity index (χ3v) is 2.92. The maximum absolute atomic E-state index is 10.7. The zero-order chi connectivity index (χ0) is 11.4. The van der Waals surface area contributed by atoms with Gasteiger partial charge in [-0.3, -0.25) is 4.79 Å². The highest BCUT2D eigenvalue weighted by atomic mass is 79.9. The summed E-state index contributed by atoms with van der Waals surface area (Å²) < 4.78 is 5.12. The second kappa shape index (κ2) is 5.16. The van der Waals surface area contributed by atoms with Crippen LogP contribution in [0.15, 0.2) is 12.1 Å². The molecule has 0 bridgehead atoms. The number of carboxylic acid groups (broad SMARTS) is 1. The minimum absolute atomic E-state index is 0.0308. The van der Waals surface area contributed by atoms with E-state index < -0.39 is 5.97 Å². The molecular formula is C11H13BrO3. The molecule has 82 valence electrons. The molecule has 3 nitrogen and oxygen atoms in total. The van der Waals surface area contributed by atoms with Crippen molar-refractivity contribution in [3.63, 3.8) is 0 Å². The molecular weight excluding hydrogens is 260 g/mol. The van der Waals surface area contributed by atoms with E-state index in [1.165, 1.54) is 0 Å². The van der Waals surface area contributed by atoms with Crippen molar-refractivity contribution in [2.75, 3.05) is 7.11 Å². The van der Waals surface area contributed by atoms with E-state index in [-0.39, 0.29) is 6.42 Å². The summed E-state index contributed by atoms with van der Waals surface area (Å²) in [6.07, 6.45) is 0.0308. The summed E-state index contributed by atoms with van der Waals surface area (Å²) in [5, 5.41) is 9.46. The minimum atomic E-state index is -0.827. The van der Waals surface area contributed by atoms with Crippen LogP contribution in [0.4, 0.5) is 0 Å². The van der Waals surface area contributed by atoms with Crippen LogP contribution in [-0.2, 0) is 16.5 Å². The van der Waals surface area contributed by atoms with E-state index in [2.05, 4.69) is 15.9 Å². The number of carbonyl (C=O) groups is 1. The average Bonchev–Trinajstić information content (AvgIpc) is 2.20. The number of halogens is 1. The standard InChI is InChI=1S/C11H13BrO3/c1-7-8(5-11(13)14)3-10(15-2)4-9(7)6-12/h3-4H,5-6H2,1-2H3,(H,13,14). The molecule has 0 spiro atoms. The largest absolute Gasteiger partial charge is 0.497 e. The molecule has 15 heavy (non-hydrogen) atoms. The number of ether oxygens (including phenoxy) is 1. The number of benzene rings is 1. The quantitative estimate of drug-likeness (QED) is 0.857. The molecule has 4 heteroatoms. The fourth-order valence-corrected chi connectivity index (χ4v) is 1.99. The maximum atomic E-state index is 10.7. The minimum Gasteiger partial charge on any atom is -0.497 e. The van der Waals surface area contributed by atoms with Crippen LogP contribution in [0.1, 0.15) is 16.7 Å². The molecule has 0 aliphatic heterocycles. The Labute approximate surface area is 97.2 Å². The predicted octanol–water partition coefficient (Wildman–Crippen LogP) is 2.53. The van der Waals surface area contributed by atoms with Crippen LogP contribution in [0.5, 0.6) is 5.75 Å². The molecule has 0 saturated carbocycles. The second-order valence-corrected chi connectivity index (χ2v) is 3.84. The van der Waals surface area contributed by atoms with E-state index in [1.807, 2.05) is 13.0 Å². The molecule has 1 aromatic rings. The fraction of sp³-hybridized carbons (Fsp3) is 0.364. The Kier molecular flexibility index (Phi) is 4.15. The van der Waals surface area contributed by atoms with Crippen LogP contribution in [-0.4, -0.2) is 18.2 Å². The Balaban J connectivity index is 3.17. The van der Waals surface area contributed by atoms with E-state index in [4.69, 9.17) is 9.84 Å². The summed E-state index contributed by atoms with van der Waals surface area (Å²) in [7, 11) is 1.58. The lowest BCUT2D eigenvalue weighted by Crippen LogP contribution is -2.04. The third-order valence-electron chi connectivity index (χ3n) is 2.32. The van der Waals surface area contributed by atoms with Crippen LogP contribution in [0.3, 0.4) is 0 Å². The van der Waals surface area contributed by atoms with E-state index >= 15 is 0 Å². The first kappa shape index (κ1) is 12.0. The number of rotatable bonds is 4. The van der Waals surface area contributed by atoms with Crippen molar-refractivity contribution in [1.82, 2.24) is 0 Å². The Morgan fingerprint density at radius 1 is 1.47 bits per heavy atom. The van der Waals surface area contributed by atoms with Gasteiger partial charge in [-0.2, -0.15) is 0 Å². The Morgan fingerprint density at radius 3 is 2.53 bits per heavy atom. The first-order chi connectivity index (χ1) is 7.08. The normalized spacial score (nSPS) is 10.1. The molecule has 0 amide bonds. The van der Waals surface area contributed by atoms with E-state index in [9.17, 15) is 4.79 Å². The molecule has 0 aliphatic rings. The molecule has 0 unspecified atom stereocenters. The van der Waals surface area contributed by atoms with Crippen LogP contribution in [0.2, 0.25) is 0 Å². The third kappa shape index (κ3) is 2.96. The summed E-state index contributed by atoms with van der Waals surface area (Å²) in [5.74, 6) is -0.127. The molecule has 1 N–H and O–H groups in total. The highest BCUT2D eigenvalue weighted by Gasteiger charge is 2.09. The molecule has 0 aliphatic carbocycles. The van der Waals surface area contributed by atoms with Gasteiger partial charge in [0.15, 0.2) is 0 Å². The molecule has 0 heterocycles. The van der Waals surface area contributed by atoms with Crippen LogP contribution >= 0.6 is 15.9 Å². The number of aliphatic carboxylic acids is 1. The fourth-order valence-electron chi connectivity index (χ4n) is 1.41. The van der Waals surface area contributed by atoms with Gasteiger partial charge in [-0.25, -0.2) is 0 Å². The van der Waals surface area contributed by atoms with Gasteiger partial charge in [0.25, 0.3) is 0 Å². The summed E-state index contributed by atoms with van der Waals surface area (Å²) in [4.78, 5) is 10.7. The van der Waals surface area contributed by atoms with Crippen molar-refractivity contribution in [2.45, 2.75) is 18.7 Å². The Hall–Kier alpha value is -1.03. The van der Waals surface area contributed by atoms with Gasteiger partial charge >= 0.3 is 5.97 Å². The zero-order valence-corrected chi connectivity index (χ0v) is 10.3. The molecule has 1 aromatic carbocycles. The monoisotopic (exact) mass is 272 g/mol. The van der Waals surface area contributed by atoms with Crippen LogP contribution in [0.25, 0.3) is 0 Å². The van der Waals surface area contributed by atoms with Gasteiger partial charge in [-0.1, -0.05) is 15.9 Å². The highest BCUT2D eigenvalue weighted by Crippen LogP contribution is 2.24. The first-order valence-corrected chi connectivity index (χ1v) is 5.64. The van der Waals surface area contributed by atoms with Crippen LogP contribution in [0, 0.1) is 6.92 Å². The Bertz CT molecular complexity index is 374. The van der Waals surface area contributed by atoms with Gasteiger partial charge in [0.05, 0.1) is 13.5 Å². The van der Waals surface area contributed by atoms with Gasteiger partial charge in [0.1, 0.15) is 5.75 Å². The number of hydrogen-bond acceptors (Lipinski definition) is 2. The van der Waals surface area contributed by atoms with E-state index in [1.54, 1.807) is 13.2 Å². The molecule has 0 atom stereocenters.